The highest BCUT2D eigenvalue weighted by Crippen LogP contribution is 2.28. The second-order valence-electron chi connectivity index (χ2n) is 7.40. The molecule has 168 valence electrons. The molecule has 0 fully saturated rings. The number of carbonyl (C=O) groups excluding carboxylic acids is 2. The second kappa shape index (κ2) is 9.56. The summed E-state index contributed by atoms with van der Waals surface area (Å²) in [6, 6.07) is 15.3. The Hall–Kier alpha value is -3.49. The fraction of sp³-hybridized carbons (Fsp3) is 0.167. The van der Waals surface area contributed by atoms with Crippen LogP contribution in [-0.4, -0.2) is 21.4 Å². The number of hydrogen-bond acceptors (Lipinski definition) is 6. The molecule has 0 saturated heterocycles. The minimum atomic E-state index is -0.849. The van der Waals surface area contributed by atoms with Crippen LogP contribution in [0.1, 0.15) is 33.8 Å². The van der Waals surface area contributed by atoms with E-state index in [1.54, 1.807) is 38.1 Å². The molecule has 1 atom stereocenters. The molecule has 0 aliphatic rings. The van der Waals surface area contributed by atoms with Crippen LogP contribution in [0, 0.1) is 6.92 Å². The number of para-hydroxylation sites is 1. The van der Waals surface area contributed by atoms with Gasteiger partial charge in [-0.3, -0.25) is 14.2 Å². The van der Waals surface area contributed by atoms with Crippen molar-refractivity contribution in [3.63, 3.8) is 0 Å². The Morgan fingerprint density at radius 2 is 1.85 bits per heavy atom. The number of aromatic nitrogens is 2. The number of amides is 1. The molecule has 7 nitrogen and oxygen atoms in total. The molecule has 1 unspecified atom stereocenters. The summed E-state index contributed by atoms with van der Waals surface area (Å²) >= 11 is 7.21. The van der Waals surface area contributed by atoms with Crippen LogP contribution in [-0.2, 0) is 16.1 Å². The number of ether oxygens (including phenoxy) is 1. The number of fused-ring (bicyclic) bond motifs is 1. The van der Waals surface area contributed by atoms with Gasteiger partial charge in [0.2, 0.25) is 5.91 Å². The van der Waals surface area contributed by atoms with Crippen LogP contribution < -0.4 is 10.9 Å². The van der Waals surface area contributed by atoms with Crippen LogP contribution in [0.2, 0.25) is 5.02 Å². The molecule has 0 aliphatic carbocycles. The number of hydrogen-bond donors (Lipinski definition) is 1. The van der Waals surface area contributed by atoms with Gasteiger partial charge in [0, 0.05) is 0 Å². The van der Waals surface area contributed by atoms with E-state index in [0.717, 1.165) is 16.9 Å². The lowest BCUT2D eigenvalue weighted by Crippen LogP contribution is -2.31. The first-order valence-corrected chi connectivity index (χ1v) is 11.3. The number of thiophene rings is 1. The lowest BCUT2D eigenvalue weighted by Gasteiger charge is -2.15. The maximum Gasteiger partial charge on any atom is 0.349 e. The summed E-state index contributed by atoms with van der Waals surface area (Å²) in [5.41, 5.74) is 1.40. The summed E-state index contributed by atoms with van der Waals surface area (Å²) in [6.45, 7) is 3.40. The van der Waals surface area contributed by atoms with Crippen molar-refractivity contribution in [3.8, 4) is 0 Å². The first-order valence-electron chi connectivity index (χ1n) is 10.1. The van der Waals surface area contributed by atoms with E-state index >= 15 is 0 Å². The molecule has 2 aromatic heterocycles. The van der Waals surface area contributed by atoms with E-state index < -0.39 is 23.5 Å². The fourth-order valence-electron chi connectivity index (χ4n) is 3.32. The Morgan fingerprint density at radius 3 is 2.58 bits per heavy atom. The zero-order valence-corrected chi connectivity index (χ0v) is 19.4. The highest BCUT2D eigenvalue weighted by Gasteiger charge is 2.24. The monoisotopic (exact) mass is 481 g/mol. The molecule has 0 saturated carbocycles. The van der Waals surface area contributed by atoms with E-state index in [-0.39, 0.29) is 6.61 Å². The SMILES string of the molecule is Cc1c(C(=O)OCc2ccccc2)sc2ncn(C(C)C(=O)Nc3ccccc3Cl)c(=O)c12. The third-order valence-electron chi connectivity index (χ3n) is 5.20. The van der Waals surface area contributed by atoms with Gasteiger partial charge in [0.05, 0.1) is 22.4 Å². The summed E-state index contributed by atoms with van der Waals surface area (Å²) in [5.74, 6) is -0.934. The van der Waals surface area contributed by atoms with E-state index in [1.807, 2.05) is 30.3 Å². The molecule has 33 heavy (non-hydrogen) atoms. The van der Waals surface area contributed by atoms with Gasteiger partial charge < -0.3 is 10.1 Å². The molecule has 0 radical (unpaired) electrons. The number of nitrogens with one attached hydrogen (secondary N) is 1. The minimum absolute atomic E-state index is 0.129. The summed E-state index contributed by atoms with van der Waals surface area (Å²) in [7, 11) is 0. The van der Waals surface area contributed by atoms with Gasteiger partial charge in [0.1, 0.15) is 22.4 Å². The molecule has 2 heterocycles. The lowest BCUT2D eigenvalue weighted by atomic mass is 10.2. The number of rotatable bonds is 6. The van der Waals surface area contributed by atoms with Gasteiger partial charge in [-0.2, -0.15) is 0 Å². The average molecular weight is 482 g/mol. The minimum Gasteiger partial charge on any atom is -0.457 e. The van der Waals surface area contributed by atoms with E-state index in [9.17, 15) is 14.4 Å². The molecule has 0 spiro atoms. The molecule has 2 aromatic carbocycles. The van der Waals surface area contributed by atoms with Crippen LogP contribution in [0.3, 0.4) is 0 Å². The maximum atomic E-state index is 13.2. The highest BCUT2D eigenvalue weighted by atomic mass is 35.5. The van der Waals surface area contributed by atoms with Crippen molar-refractivity contribution < 1.29 is 14.3 Å². The summed E-state index contributed by atoms with van der Waals surface area (Å²) in [4.78, 5) is 43.7. The van der Waals surface area contributed by atoms with Gasteiger partial charge in [-0.25, -0.2) is 9.78 Å². The standard InChI is InChI=1S/C24H20ClN3O4S/c1-14-19-22(33-20(14)24(31)32-12-16-8-4-3-5-9-16)26-13-28(23(19)30)15(2)21(29)27-18-11-7-6-10-17(18)25/h3-11,13,15H,12H2,1-2H3,(H,27,29). The smallest absolute Gasteiger partial charge is 0.349 e. The molecule has 4 aromatic rings. The van der Waals surface area contributed by atoms with Crippen molar-refractivity contribution in [1.82, 2.24) is 9.55 Å². The Bertz CT molecular complexity index is 1400. The number of halogens is 1. The fourth-order valence-corrected chi connectivity index (χ4v) is 4.54. The summed E-state index contributed by atoms with van der Waals surface area (Å²) < 4.78 is 6.66. The zero-order valence-electron chi connectivity index (χ0n) is 17.9. The normalized spacial score (nSPS) is 11.8. The number of esters is 1. The molecular weight excluding hydrogens is 462 g/mol. The Kier molecular flexibility index (Phi) is 6.57. The first kappa shape index (κ1) is 22.7. The predicted molar refractivity (Wildman–Crippen MR) is 129 cm³/mol. The lowest BCUT2D eigenvalue weighted by molar-refractivity contribution is -0.118. The molecule has 0 bridgehead atoms. The van der Waals surface area contributed by atoms with Crippen LogP contribution in [0.25, 0.3) is 10.2 Å². The van der Waals surface area contributed by atoms with Gasteiger partial charge in [0.25, 0.3) is 5.56 Å². The van der Waals surface area contributed by atoms with Gasteiger partial charge in [-0.1, -0.05) is 54.1 Å². The highest BCUT2D eigenvalue weighted by molar-refractivity contribution is 7.20. The van der Waals surface area contributed by atoms with Crippen molar-refractivity contribution in [2.45, 2.75) is 26.5 Å². The Balaban J connectivity index is 1.59. The molecule has 4 rings (SSSR count). The van der Waals surface area contributed by atoms with Crippen LogP contribution in [0.5, 0.6) is 0 Å². The molecular formula is C24H20ClN3O4S. The Morgan fingerprint density at radius 1 is 1.15 bits per heavy atom. The van der Waals surface area contributed by atoms with Gasteiger partial charge in [-0.15, -0.1) is 11.3 Å². The van der Waals surface area contributed by atoms with Crippen LogP contribution in [0.15, 0.2) is 65.7 Å². The molecule has 0 aliphatic heterocycles. The van der Waals surface area contributed by atoms with Crippen molar-refractivity contribution in [1.29, 1.82) is 0 Å². The Labute approximate surface area is 198 Å². The molecule has 1 amide bonds. The van der Waals surface area contributed by atoms with Gasteiger partial charge in [0.15, 0.2) is 0 Å². The van der Waals surface area contributed by atoms with E-state index in [1.165, 1.54) is 10.9 Å². The predicted octanol–water partition coefficient (Wildman–Crippen LogP) is 4.98. The van der Waals surface area contributed by atoms with Crippen molar-refractivity contribution in [3.05, 3.63) is 92.3 Å². The number of aryl methyl sites for hydroxylation is 1. The van der Waals surface area contributed by atoms with E-state index in [2.05, 4.69) is 10.3 Å². The van der Waals surface area contributed by atoms with Crippen LogP contribution >= 0.6 is 22.9 Å². The summed E-state index contributed by atoms with van der Waals surface area (Å²) in [6.07, 6.45) is 1.32. The third kappa shape index (κ3) is 4.67. The van der Waals surface area contributed by atoms with E-state index in [0.29, 0.717) is 31.4 Å². The third-order valence-corrected chi connectivity index (χ3v) is 6.71. The first-order chi connectivity index (χ1) is 15.9. The second-order valence-corrected chi connectivity index (χ2v) is 8.81. The molecule has 9 heteroatoms. The quantitative estimate of drug-likeness (QED) is 0.392. The largest absolute Gasteiger partial charge is 0.457 e. The van der Waals surface area contributed by atoms with Crippen LogP contribution in [0.4, 0.5) is 5.69 Å². The maximum absolute atomic E-state index is 13.2. The number of nitrogens with zero attached hydrogens (tertiary/aromatic N) is 2. The zero-order chi connectivity index (χ0) is 23.5. The average Bonchev–Trinajstić information content (AvgIpc) is 3.16. The van der Waals surface area contributed by atoms with Gasteiger partial charge >= 0.3 is 5.97 Å². The number of benzene rings is 2. The van der Waals surface area contributed by atoms with Gasteiger partial charge in [-0.05, 0) is 37.1 Å². The van der Waals surface area contributed by atoms with Crippen molar-refractivity contribution in [2.24, 2.45) is 0 Å². The van der Waals surface area contributed by atoms with E-state index in [4.69, 9.17) is 16.3 Å². The van der Waals surface area contributed by atoms with Crippen molar-refractivity contribution in [2.75, 3.05) is 5.32 Å². The number of anilines is 1. The van der Waals surface area contributed by atoms with Crippen molar-refractivity contribution >= 4 is 50.7 Å². The summed E-state index contributed by atoms with van der Waals surface area (Å²) in [5, 5.41) is 3.42. The number of carbonyl (C=O) groups is 2. The topological polar surface area (TPSA) is 90.3 Å². The molecule has 1 N–H and O–H groups in total.